The number of nitrogens with one attached hydrogen (secondary N) is 1. The zero-order chi connectivity index (χ0) is 9.36. The molecule has 0 radical (unpaired) electrons. The summed E-state index contributed by atoms with van der Waals surface area (Å²) in [5.74, 6) is 0. The van der Waals surface area contributed by atoms with Crippen LogP contribution in [0.1, 0.15) is 18.4 Å². The van der Waals surface area contributed by atoms with Gasteiger partial charge in [-0.1, -0.05) is 0 Å². The largest absolute Gasteiger partial charge is 0.396 e. The standard InChI is InChI=1S/C10H17NOS/c12-7-2-1-5-11-6-3-10-4-8-13-9-10/h4,8-9,11-12H,1-3,5-7H2. The molecule has 0 fully saturated rings. The second kappa shape index (κ2) is 7.06. The van der Waals surface area contributed by atoms with Gasteiger partial charge in [0.25, 0.3) is 0 Å². The SMILES string of the molecule is OCCCCNCCc1ccsc1. The molecule has 1 aromatic heterocycles. The quantitative estimate of drug-likeness (QED) is 0.654. The Hall–Kier alpha value is -0.380. The average molecular weight is 199 g/mol. The Labute approximate surface area is 83.6 Å². The van der Waals surface area contributed by atoms with Crippen LogP contribution < -0.4 is 5.32 Å². The van der Waals surface area contributed by atoms with Gasteiger partial charge in [-0.25, -0.2) is 0 Å². The lowest BCUT2D eigenvalue weighted by atomic mass is 10.2. The summed E-state index contributed by atoms with van der Waals surface area (Å²) in [6, 6.07) is 2.17. The van der Waals surface area contributed by atoms with E-state index in [2.05, 4.69) is 22.1 Å². The lowest BCUT2D eigenvalue weighted by Crippen LogP contribution is -2.18. The molecule has 0 saturated carbocycles. The van der Waals surface area contributed by atoms with E-state index in [1.807, 2.05) is 0 Å². The molecule has 13 heavy (non-hydrogen) atoms. The first-order chi connectivity index (χ1) is 6.43. The highest BCUT2D eigenvalue weighted by atomic mass is 32.1. The van der Waals surface area contributed by atoms with E-state index in [1.54, 1.807) is 11.3 Å². The molecule has 1 rings (SSSR count). The van der Waals surface area contributed by atoms with Crippen molar-refractivity contribution in [2.24, 2.45) is 0 Å². The van der Waals surface area contributed by atoms with Crippen molar-refractivity contribution < 1.29 is 5.11 Å². The van der Waals surface area contributed by atoms with Gasteiger partial charge in [-0.2, -0.15) is 11.3 Å². The Morgan fingerprint density at radius 3 is 2.92 bits per heavy atom. The van der Waals surface area contributed by atoms with Crippen LogP contribution in [0.5, 0.6) is 0 Å². The summed E-state index contributed by atoms with van der Waals surface area (Å²) >= 11 is 1.75. The van der Waals surface area contributed by atoms with Crippen molar-refractivity contribution >= 4 is 11.3 Å². The molecule has 0 unspecified atom stereocenters. The van der Waals surface area contributed by atoms with Crippen molar-refractivity contribution in [1.29, 1.82) is 0 Å². The van der Waals surface area contributed by atoms with E-state index in [1.165, 1.54) is 5.56 Å². The van der Waals surface area contributed by atoms with E-state index in [-0.39, 0.29) is 0 Å². The maximum atomic E-state index is 8.55. The van der Waals surface area contributed by atoms with Crippen molar-refractivity contribution in [2.45, 2.75) is 19.3 Å². The maximum Gasteiger partial charge on any atom is 0.0431 e. The van der Waals surface area contributed by atoms with Gasteiger partial charge in [0.15, 0.2) is 0 Å². The molecule has 1 aromatic rings. The van der Waals surface area contributed by atoms with Crippen LogP contribution in [0.4, 0.5) is 0 Å². The molecule has 0 saturated heterocycles. The van der Waals surface area contributed by atoms with E-state index < -0.39 is 0 Å². The van der Waals surface area contributed by atoms with E-state index in [9.17, 15) is 0 Å². The first-order valence-corrected chi connectivity index (χ1v) is 5.70. The van der Waals surface area contributed by atoms with Crippen LogP contribution >= 0.6 is 11.3 Å². The molecule has 0 bridgehead atoms. The molecule has 0 aliphatic heterocycles. The van der Waals surface area contributed by atoms with Gasteiger partial charge in [0.2, 0.25) is 0 Å². The fourth-order valence-electron chi connectivity index (χ4n) is 1.15. The lowest BCUT2D eigenvalue weighted by molar-refractivity contribution is 0.284. The van der Waals surface area contributed by atoms with Crippen LogP contribution in [0.25, 0.3) is 0 Å². The first kappa shape index (κ1) is 10.7. The number of hydrogen-bond donors (Lipinski definition) is 2. The molecule has 2 nitrogen and oxygen atoms in total. The minimum absolute atomic E-state index is 0.312. The molecule has 0 aliphatic rings. The molecule has 0 atom stereocenters. The van der Waals surface area contributed by atoms with Gasteiger partial charge in [0, 0.05) is 6.61 Å². The average Bonchev–Trinajstić information content (AvgIpc) is 2.63. The molecule has 74 valence electrons. The first-order valence-electron chi connectivity index (χ1n) is 4.76. The number of aliphatic hydroxyl groups excluding tert-OH is 1. The Balaban J connectivity index is 1.90. The minimum atomic E-state index is 0.312. The number of thiophene rings is 1. The molecule has 2 N–H and O–H groups in total. The summed E-state index contributed by atoms with van der Waals surface area (Å²) in [4.78, 5) is 0. The van der Waals surface area contributed by atoms with Crippen LogP contribution in [0.15, 0.2) is 16.8 Å². The van der Waals surface area contributed by atoms with Crippen LogP contribution in [-0.2, 0) is 6.42 Å². The van der Waals surface area contributed by atoms with Gasteiger partial charge in [-0.05, 0) is 54.7 Å². The van der Waals surface area contributed by atoms with Crippen molar-refractivity contribution in [3.8, 4) is 0 Å². The fourth-order valence-corrected chi connectivity index (χ4v) is 1.86. The van der Waals surface area contributed by atoms with Gasteiger partial charge in [-0.15, -0.1) is 0 Å². The van der Waals surface area contributed by atoms with Crippen LogP contribution in [0.3, 0.4) is 0 Å². The third-order valence-corrected chi connectivity index (χ3v) is 2.66. The highest BCUT2D eigenvalue weighted by Crippen LogP contribution is 2.05. The molecule has 1 heterocycles. The molecule has 0 amide bonds. The van der Waals surface area contributed by atoms with Crippen molar-refractivity contribution in [2.75, 3.05) is 19.7 Å². The Kier molecular flexibility index (Phi) is 5.81. The Morgan fingerprint density at radius 2 is 2.23 bits per heavy atom. The lowest BCUT2D eigenvalue weighted by Gasteiger charge is -2.02. The zero-order valence-corrected chi connectivity index (χ0v) is 8.65. The van der Waals surface area contributed by atoms with E-state index >= 15 is 0 Å². The monoisotopic (exact) mass is 199 g/mol. The number of hydrogen-bond acceptors (Lipinski definition) is 3. The minimum Gasteiger partial charge on any atom is -0.396 e. The van der Waals surface area contributed by atoms with Gasteiger partial charge in [0.05, 0.1) is 0 Å². The van der Waals surface area contributed by atoms with Crippen molar-refractivity contribution in [3.05, 3.63) is 22.4 Å². The number of aliphatic hydroxyl groups is 1. The van der Waals surface area contributed by atoms with Crippen LogP contribution in [0, 0.1) is 0 Å². The summed E-state index contributed by atoms with van der Waals surface area (Å²) in [6.45, 7) is 2.37. The maximum absolute atomic E-state index is 8.55. The third-order valence-electron chi connectivity index (χ3n) is 1.93. The fraction of sp³-hybridized carbons (Fsp3) is 0.600. The van der Waals surface area contributed by atoms with Crippen molar-refractivity contribution in [1.82, 2.24) is 5.32 Å². The predicted octanol–water partition coefficient (Wildman–Crippen LogP) is 1.65. The normalized spacial score (nSPS) is 10.5. The molecule has 3 heteroatoms. The molecule has 0 aromatic carbocycles. The predicted molar refractivity (Wildman–Crippen MR) is 57.2 cm³/mol. The molecular weight excluding hydrogens is 182 g/mol. The van der Waals surface area contributed by atoms with Gasteiger partial charge in [-0.3, -0.25) is 0 Å². The zero-order valence-electron chi connectivity index (χ0n) is 7.83. The summed E-state index contributed by atoms with van der Waals surface area (Å²) < 4.78 is 0. The topological polar surface area (TPSA) is 32.3 Å². The molecule has 0 aliphatic carbocycles. The summed E-state index contributed by atoms with van der Waals surface area (Å²) in [7, 11) is 0. The van der Waals surface area contributed by atoms with Gasteiger partial charge >= 0.3 is 0 Å². The summed E-state index contributed by atoms with van der Waals surface area (Å²) in [5.41, 5.74) is 1.42. The molecular formula is C10H17NOS. The van der Waals surface area contributed by atoms with E-state index in [0.29, 0.717) is 6.61 Å². The number of rotatable bonds is 7. The summed E-state index contributed by atoms with van der Waals surface area (Å²) in [5, 5.41) is 16.2. The van der Waals surface area contributed by atoms with Crippen molar-refractivity contribution in [3.63, 3.8) is 0 Å². The Morgan fingerprint density at radius 1 is 1.31 bits per heavy atom. The smallest absolute Gasteiger partial charge is 0.0431 e. The molecule has 0 spiro atoms. The van der Waals surface area contributed by atoms with E-state index in [4.69, 9.17) is 5.11 Å². The second-order valence-corrected chi connectivity index (χ2v) is 3.84. The van der Waals surface area contributed by atoms with Crippen LogP contribution in [-0.4, -0.2) is 24.8 Å². The van der Waals surface area contributed by atoms with Gasteiger partial charge < -0.3 is 10.4 Å². The number of unbranched alkanes of at least 4 members (excludes halogenated alkanes) is 1. The van der Waals surface area contributed by atoms with Crippen LogP contribution in [0.2, 0.25) is 0 Å². The highest BCUT2D eigenvalue weighted by molar-refractivity contribution is 7.07. The highest BCUT2D eigenvalue weighted by Gasteiger charge is 1.92. The third kappa shape index (κ3) is 5.03. The Bertz CT molecular complexity index is 199. The van der Waals surface area contributed by atoms with Gasteiger partial charge in [0.1, 0.15) is 0 Å². The van der Waals surface area contributed by atoms with E-state index in [0.717, 1.165) is 32.4 Å². The summed E-state index contributed by atoms with van der Waals surface area (Å²) in [6.07, 6.45) is 3.09. The second-order valence-electron chi connectivity index (χ2n) is 3.06.